The predicted molar refractivity (Wildman–Crippen MR) is 101 cm³/mol. The molecule has 3 rings (SSSR count). The molecule has 1 heterocycles. The van der Waals surface area contributed by atoms with Crippen LogP contribution in [0.3, 0.4) is 0 Å². The second-order valence-electron chi connectivity index (χ2n) is 6.56. The molecule has 1 aromatic carbocycles. The Morgan fingerprint density at radius 2 is 2.04 bits per heavy atom. The van der Waals surface area contributed by atoms with Gasteiger partial charge in [-0.3, -0.25) is 4.99 Å². The van der Waals surface area contributed by atoms with E-state index in [1.54, 1.807) is 26.1 Å². The summed E-state index contributed by atoms with van der Waals surface area (Å²) in [4.78, 5) is 4.68. The molecule has 1 fully saturated rings. The van der Waals surface area contributed by atoms with Crippen LogP contribution in [0.5, 0.6) is 0 Å². The number of halogens is 2. The number of nitrogens with two attached hydrogens (primary N) is 1. The van der Waals surface area contributed by atoms with Crippen molar-refractivity contribution in [3.05, 3.63) is 33.1 Å². The summed E-state index contributed by atoms with van der Waals surface area (Å²) >= 11 is 2.14. The minimum Gasteiger partial charge on any atom is -0.386 e. The Kier molecular flexibility index (Phi) is 4.23. The smallest absolute Gasteiger partial charge is 0.128 e. The molecule has 2 N–H and O–H groups in total. The molecule has 23 heavy (non-hydrogen) atoms. The molecule has 0 unspecified atom stereocenters. The highest BCUT2D eigenvalue weighted by Gasteiger charge is 2.54. The Morgan fingerprint density at radius 1 is 1.39 bits per heavy atom. The minimum absolute atomic E-state index is 0.216. The lowest BCUT2D eigenvalue weighted by molar-refractivity contribution is 0.485. The predicted octanol–water partition coefficient (Wildman–Crippen LogP) is 3.43. The molecule has 0 bridgehead atoms. The highest BCUT2D eigenvalue weighted by atomic mass is 127. The van der Waals surface area contributed by atoms with Gasteiger partial charge in [-0.15, -0.1) is 0 Å². The van der Waals surface area contributed by atoms with E-state index >= 15 is 0 Å². The fourth-order valence-corrected chi connectivity index (χ4v) is 7.42. The summed E-state index contributed by atoms with van der Waals surface area (Å²) in [6.07, 6.45) is 3.47. The van der Waals surface area contributed by atoms with Gasteiger partial charge in [-0.05, 0) is 60.6 Å². The van der Waals surface area contributed by atoms with Crippen molar-refractivity contribution in [3.8, 4) is 0 Å². The summed E-state index contributed by atoms with van der Waals surface area (Å²) in [5.41, 5.74) is 5.81. The third kappa shape index (κ3) is 2.50. The first-order chi connectivity index (χ1) is 10.8. The van der Waals surface area contributed by atoms with Crippen LogP contribution in [0.4, 0.5) is 4.39 Å². The second kappa shape index (κ2) is 5.68. The molecule has 2 atom stereocenters. The van der Waals surface area contributed by atoms with E-state index in [1.165, 1.54) is 6.07 Å². The standard InChI is InChI=1S/C16H21FIN3OS/c1-15(12-9-11(18)5-6-13(12)17)10-23(22,20-2)16(14(19)21-15)7-3-4-8-16/h5-6,9H,3-4,7-8,10H2,1-2H3,(H2,19,21)/t15-,23-/m0/s1. The Bertz CT molecular complexity index is 795. The van der Waals surface area contributed by atoms with Crippen LogP contribution in [0.15, 0.2) is 27.6 Å². The molecule has 1 aromatic rings. The first kappa shape index (κ1) is 17.1. The number of amidine groups is 1. The van der Waals surface area contributed by atoms with Gasteiger partial charge in [0.15, 0.2) is 0 Å². The Balaban J connectivity index is 2.22. The lowest BCUT2D eigenvalue weighted by atomic mass is 9.93. The molecule has 7 heteroatoms. The van der Waals surface area contributed by atoms with Crippen molar-refractivity contribution < 1.29 is 8.60 Å². The van der Waals surface area contributed by atoms with Gasteiger partial charge in [-0.1, -0.05) is 12.8 Å². The van der Waals surface area contributed by atoms with Gasteiger partial charge in [0.2, 0.25) is 0 Å². The van der Waals surface area contributed by atoms with Crippen molar-refractivity contribution in [1.29, 1.82) is 0 Å². The van der Waals surface area contributed by atoms with Gasteiger partial charge in [0.1, 0.15) is 21.9 Å². The number of aliphatic imine (C=N–C) groups is 1. The van der Waals surface area contributed by atoms with Gasteiger partial charge >= 0.3 is 0 Å². The summed E-state index contributed by atoms with van der Waals surface area (Å²) in [5, 5.41) is 0. The Morgan fingerprint density at radius 3 is 2.65 bits per heavy atom. The summed E-state index contributed by atoms with van der Waals surface area (Å²) < 4.78 is 32.7. The molecule has 1 aliphatic heterocycles. The average Bonchev–Trinajstić information content (AvgIpc) is 2.99. The molecular formula is C16H21FIN3OS. The van der Waals surface area contributed by atoms with Gasteiger partial charge in [-0.2, -0.15) is 0 Å². The van der Waals surface area contributed by atoms with Crippen LogP contribution in [0.2, 0.25) is 0 Å². The Hall–Kier alpha value is -0.700. The number of nitrogens with zero attached hydrogens (tertiary/aromatic N) is 2. The van der Waals surface area contributed by atoms with E-state index in [0.717, 1.165) is 29.3 Å². The van der Waals surface area contributed by atoms with Gasteiger partial charge in [0, 0.05) is 16.2 Å². The van der Waals surface area contributed by atoms with Crippen molar-refractivity contribution in [3.63, 3.8) is 0 Å². The number of hydrogen-bond donors (Lipinski definition) is 1. The van der Waals surface area contributed by atoms with Crippen LogP contribution in [0, 0.1) is 9.39 Å². The lowest BCUT2D eigenvalue weighted by Gasteiger charge is -2.42. The van der Waals surface area contributed by atoms with E-state index in [-0.39, 0.29) is 11.6 Å². The van der Waals surface area contributed by atoms with Crippen LogP contribution in [-0.2, 0) is 15.3 Å². The topological polar surface area (TPSA) is 67.8 Å². The molecule has 4 nitrogen and oxygen atoms in total. The highest BCUT2D eigenvalue weighted by molar-refractivity contribution is 14.1. The third-order valence-electron chi connectivity index (χ3n) is 5.14. The molecule has 0 saturated heterocycles. The highest BCUT2D eigenvalue weighted by Crippen LogP contribution is 2.46. The number of hydrogen-bond acceptors (Lipinski definition) is 4. The summed E-state index contributed by atoms with van der Waals surface area (Å²) in [6, 6.07) is 4.90. The molecule has 126 valence electrons. The van der Waals surface area contributed by atoms with Gasteiger partial charge in [0.05, 0.1) is 15.5 Å². The maximum absolute atomic E-state index is 14.4. The quantitative estimate of drug-likeness (QED) is 0.668. The van der Waals surface area contributed by atoms with E-state index in [9.17, 15) is 8.60 Å². The average molecular weight is 449 g/mol. The van der Waals surface area contributed by atoms with Crippen molar-refractivity contribution in [2.45, 2.75) is 42.9 Å². The second-order valence-corrected chi connectivity index (χ2v) is 10.5. The minimum atomic E-state index is -2.60. The zero-order chi connectivity index (χ0) is 16.9. The molecule has 0 radical (unpaired) electrons. The van der Waals surface area contributed by atoms with Gasteiger partial charge in [0.25, 0.3) is 0 Å². The summed E-state index contributed by atoms with van der Waals surface area (Å²) in [6.45, 7) is 1.81. The summed E-state index contributed by atoms with van der Waals surface area (Å²) in [7, 11) is -1.01. The first-order valence-electron chi connectivity index (χ1n) is 7.70. The largest absolute Gasteiger partial charge is 0.386 e. The fraction of sp³-hybridized carbons (Fsp3) is 0.562. The molecule has 0 amide bonds. The monoisotopic (exact) mass is 449 g/mol. The zero-order valence-corrected chi connectivity index (χ0v) is 16.3. The van der Waals surface area contributed by atoms with Crippen LogP contribution < -0.4 is 5.73 Å². The van der Waals surface area contributed by atoms with E-state index < -0.39 is 20.0 Å². The van der Waals surface area contributed by atoms with Crippen LogP contribution in [0.25, 0.3) is 0 Å². The van der Waals surface area contributed by atoms with Crippen molar-refractivity contribution in [1.82, 2.24) is 0 Å². The third-order valence-corrected chi connectivity index (χ3v) is 9.19. The lowest BCUT2D eigenvalue weighted by Crippen LogP contribution is -2.56. The van der Waals surface area contributed by atoms with Gasteiger partial charge < -0.3 is 5.73 Å². The van der Waals surface area contributed by atoms with Gasteiger partial charge in [-0.25, -0.2) is 13.0 Å². The number of benzene rings is 1. The van der Waals surface area contributed by atoms with E-state index in [0.29, 0.717) is 11.4 Å². The van der Waals surface area contributed by atoms with Crippen molar-refractivity contribution in [2.75, 3.05) is 12.8 Å². The Labute approximate surface area is 150 Å². The van der Waals surface area contributed by atoms with Crippen LogP contribution in [-0.4, -0.2) is 27.6 Å². The fourth-order valence-electron chi connectivity index (χ4n) is 3.89. The molecule has 2 aliphatic rings. The normalized spacial score (nSPS) is 32.8. The van der Waals surface area contributed by atoms with E-state index in [2.05, 4.69) is 31.9 Å². The maximum Gasteiger partial charge on any atom is 0.128 e. The van der Waals surface area contributed by atoms with Crippen LogP contribution >= 0.6 is 22.6 Å². The van der Waals surface area contributed by atoms with E-state index in [1.807, 2.05) is 0 Å². The molecule has 1 aliphatic carbocycles. The molecule has 1 spiro atoms. The van der Waals surface area contributed by atoms with Crippen molar-refractivity contribution >= 4 is 38.2 Å². The van der Waals surface area contributed by atoms with Crippen molar-refractivity contribution in [2.24, 2.45) is 15.1 Å². The summed E-state index contributed by atoms with van der Waals surface area (Å²) in [5.74, 6) is 0.260. The zero-order valence-electron chi connectivity index (χ0n) is 13.3. The maximum atomic E-state index is 14.4. The first-order valence-corrected chi connectivity index (χ1v) is 10.5. The van der Waals surface area contributed by atoms with Crippen LogP contribution in [0.1, 0.15) is 38.2 Å². The molecule has 0 aromatic heterocycles. The SMILES string of the molecule is CN=[S@]1(=O)C[C@@](C)(c2cc(I)ccc2F)N=C(N)C12CCCC2. The molecule has 1 saturated carbocycles. The number of rotatable bonds is 1. The molecular weight excluding hydrogens is 428 g/mol. The van der Waals surface area contributed by atoms with E-state index in [4.69, 9.17) is 5.73 Å².